The van der Waals surface area contributed by atoms with Crippen molar-refractivity contribution in [1.82, 2.24) is 5.43 Å². The summed E-state index contributed by atoms with van der Waals surface area (Å²) in [4.78, 5) is 22.7. The van der Waals surface area contributed by atoms with Gasteiger partial charge in [0.25, 0.3) is 5.69 Å². The Balaban J connectivity index is 1.36. The summed E-state index contributed by atoms with van der Waals surface area (Å²) in [6.45, 7) is 0.198. The van der Waals surface area contributed by atoms with E-state index in [4.69, 9.17) is 20.8 Å². The number of carbonyl (C=O) groups is 1. The largest absolute Gasteiger partial charge is 0.488 e. The molecule has 0 aliphatic heterocycles. The molecular formula is C23H15ClIN3O5. The SMILES string of the molecule is O=C(N/N=C/c1ccc(OCc2cccc([N+](=O)[O-])c2)c(I)c1)c1cc2cc(Cl)ccc2o1. The maximum atomic E-state index is 12.3. The lowest BCUT2D eigenvalue weighted by molar-refractivity contribution is -0.384. The second-order valence-electron chi connectivity index (χ2n) is 6.90. The summed E-state index contributed by atoms with van der Waals surface area (Å²) in [6, 6.07) is 18.4. The lowest BCUT2D eigenvalue weighted by atomic mass is 10.2. The number of ether oxygens (including phenoxy) is 1. The molecule has 0 aliphatic rings. The van der Waals surface area contributed by atoms with Crippen molar-refractivity contribution in [3.63, 3.8) is 0 Å². The van der Waals surface area contributed by atoms with Crippen molar-refractivity contribution in [1.29, 1.82) is 0 Å². The minimum Gasteiger partial charge on any atom is -0.488 e. The summed E-state index contributed by atoms with van der Waals surface area (Å²) in [7, 11) is 0. The van der Waals surface area contributed by atoms with Crippen LogP contribution >= 0.6 is 34.2 Å². The Morgan fingerprint density at radius 1 is 1.18 bits per heavy atom. The Morgan fingerprint density at radius 3 is 2.82 bits per heavy atom. The minimum absolute atomic E-state index is 0.0193. The van der Waals surface area contributed by atoms with E-state index < -0.39 is 10.8 Å². The first-order valence-electron chi connectivity index (χ1n) is 9.57. The Labute approximate surface area is 206 Å². The van der Waals surface area contributed by atoms with E-state index in [0.29, 0.717) is 21.9 Å². The molecule has 1 heterocycles. The summed E-state index contributed by atoms with van der Waals surface area (Å²) in [5.74, 6) is 0.276. The third-order valence-electron chi connectivity index (χ3n) is 4.55. The molecule has 0 saturated carbocycles. The van der Waals surface area contributed by atoms with E-state index in [1.807, 2.05) is 6.07 Å². The molecule has 3 aromatic carbocycles. The van der Waals surface area contributed by atoms with Gasteiger partial charge in [0.15, 0.2) is 5.76 Å². The van der Waals surface area contributed by atoms with E-state index in [2.05, 4.69) is 33.1 Å². The van der Waals surface area contributed by atoms with Crippen LogP contribution in [0.3, 0.4) is 0 Å². The molecule has 0 radical (unpaired) electrons. The van der Waals surface area contributed by atoms with Crippen LogP contribution in [0.5, 0.6) is 5.75 Å². The first-order chi connectivity index (χ1) is 15.9. The Morgan fingerprint density at radius 2 is 2.03 bits per heavy atom. The van der Waals surface area contributed by atoms with Gasteiger partial charge in [-0.1, -0.05) is 23.7 Å². The average Bonchev–Trinajstić information content (AvgIpc) is 3.22. The summed E-state index contributed by atoms with van der Waals surface area (Å²) < 4.78 is 12.1. The molecule has 0 unspecified atom stereocenters. The van der Waals surface area contributed by atoms with E-state index in [-0.39, 0.29) is 18.1 Å². The van der Waals surface area contributed by atoms with Crippen molar-refractivity contribution < 1.29 is 18.9 Å². The lowest BCUT2D eigenvalue weighted by Crippen LogP contribution is -2.16. The van der Waals surface area contributed by atoms with Crippen LogP contribution in [-0.2, 0) is 6.61 Å². The van der Waals surface area contributed by atoms with Crippen LogP contribution in [0.15, 0.2) is 76.2 Å². The fraction of sp³-hybridized carbons (Fsp3) is 0.0435. The molecule has 0 fully saturated rings. The van der Waals surface area contributed by atoms with Gasteiger partial charge in [-0.2, -0.15) is 5.10 Å². The summed E-state index contributed by atoms with van der Waals surface area (Å²) >= 11 is 8.07. The van der Waals surface area contributed by atoms with Gasteiger partial charge in [0, 0.05) is 22.5 Å². The van der Waals surface area contributed by atoms with E-state index in [0.717, 1.165) is 14.5 Å². The van der Waals surface area contributed by atoms with Gasteiger partial charge < -0.3 is 9.15 Å². The van der Waals surface area contributed by atoms with E-state index in [1.165, 1.54) is 18.3 Å². The van der Waals surface area contributed by atoms with Crippen molar-refractivity contribution in [2.45, 2.75) is 6.61 Å². The van der Waals surface area contributed by atoms with Gasteiger partial charge in [-0.05, 0) is 76.2 Å². The van der Waals surface area contributed by atoms with Gasteiger partial charge in [0.2, 0.25) is 0 Å². The van der Waals surface area contributed by atoms with E-state index in [1.54, 1.807) is 48.5 Å². The number of hydrogen-bond acceptors (Lipinski definition) is 6. The molecule has 33 heavy (non-hydrogen) atoms. The maximum absolute atomic E-state index is 12.3. The molecule has 0 aliphatic carbocycles. The third-order valence-corrected chi connectivity index (χ3v) is 5.63. The molecule has 4 rings (SSSR count). The lowest BCUT2D eigenvalue weighted by Gasteiger charge is -2.09. The molecule has 1 N–H and O–H groups in total. The molecule has 0 saturated heterocycles. The third kappa shape index (κ3) is 5.68. The number of fused-ring (bicyclic) bond motifs is 1. The van der Waals surface area contributed by atoms with Crippen molar-refractivity contribution in [2.75, 3.05) is 0 Å². The number of carbonyl (C=O) groups excluding carboxylic acids is 1. The predicted molar refractivity (Wildman–Crippen MR) is 133 cm³/mol. The number of furan rings is 1. The molecule has 1 aromatic heterocycles. The van der Waals surface area contributed by atoms with Crippen LogP contribution in [0, 0.1) is 13.7 Å². The van der Waals surface area contributed by atoms with Crippen molar-refractivity contribution in [3.05, 3.63) is 102 Å². The topological polar surface area (TPSA) is 107 Å². The number of non-ortho nitro benzene ring substituents is 1. The van der Waals surface area contributed by atoms with Crippen molar-refractivity contribution in [2.24, 2.45) is 5.10 Å². The van der Waals surface area contributed by atoms with Gasteiger partial charge >= 0.3 is 5.91 Å². The summed E-state index contributed by atoms with van der Waals surface area (Å²) in [6.07, 6.45) is 1.50. The Kier molecular flexibility index (Phi) is 6.90. The zero-order valence-corrected chi connectivity index (χ0v) is 19.7. The fourth-order valence-corrected chi connectivity index (χ4v) is 3.86. The number of nitrogens with one attached hydrogen (secondary N) is 1. The molecule has 4 aromatic rings. The van der Waals surface area contributed by atoms with Crippen LogP contribution in [0.25, 0.3) is 11.0 Å². The van der Waals surface area contributed by atoms with Crippen LogP contribution < -0.4 is 10.2 Å². The molecule has 0 bridgehead atoms. The van der Waals surface area contributed by atoms with E-state index >= 15 is 0 Å². The molecular weight excluding hydrogens is 561 g/mol. The molecule has 0 atom stereocenters. The maximum Gasteiger partial charge on any atom is 0.307 e. The number of hydrogen-bond donors (Lipinski definition) is 1. The average molecular weight is 576 g/mol. The number of nitrogens with zero attached hydrogens (tertiary/aromatic N) is 2. The van der Waals surface area contributed by atoms with Crippen molar-refractivity contribution >= 4 is 63.0 Å². The highest BCUT2D eigenvalue weighted by Gasteiger charge is 2.12. The normalized spacial score (nSPS) is 11.1. The number of nitro benzene ring substituents is 1. The highest BCUT2D eigenvalue weighted by Crippen LogP contribution is 2.24. The highest BCUT2D eigenvalue weighted by molar-refractivity contribution is 14.1. The number of halogens is 2. The predicted octanol–water partition coefficient (Wildman–Crippen LogP) is 5.94. The molecule has 166 valence electrons. The number of benzene rings is 3. The van der Waals surface area contributed by atoms with Crippen LogP contribution in [0.1, 0.15) is 21.7 Å². The van der Waals surface area contributed by atoms with Crippen LogP contribution in [0.2, 0.25) is 5.02 Å². The number of hydrazone groups is 1. The summed E-state index contributed by atoms with van der Waals surface area (Å²) in [5.41, 5.74) is 4.46. The standard InChI is InChI=1S/C23H15ClIN3O5/c24-17-5-7-20-16(10-17)11-22(33-20)23(29)27-26-12-14-4-6-21(19(25)9-14)32-13-15-2-1-3-18(8-15)28(30)31/h1-12H,13H2,(H,27,29)/b26-12+. The van der Waals surface area contributed by atoms with Crippen molar-refractivity contribution in [3.8, 4) is 5.75 Å². The van der Waals surface area contributed by atoms with Crippen LogP contribution in [-0.4, -0.2) is 17.0 Å². The van der Waals surface area contributed by atoms with Gasteiger partial charge in [-0.15, -0.1) is 0 Å². The second kappa shape index (κ2) is 10.0. The number of rotatable bonds is 7. The molecule has 1 amide bonds. The quantitative estimate of drug-likeness (QED) is 0.127. The molecule has 10 heteroatoms. The fourth-order valence-electron chi connectivity index (χ4n) is 2.98. The zero-order valence-electron chi connectivity index (χ0n) is 16.8. The van der Waals surface area contributed by atoms with Gasteiger partial charge in [0.1, 0.15) is 17.9 Å². The Bertz CT molecular complexity index is 1390. The zero-order chi connectivity index (χ0) is 23.4. The van der Waals surface area contributed by atoms with Gasteiger partial charge in [0.05, 0.1) is 14.7 Å². The van der Waals surface area contributed by atoms with Gasteiger partial charge in [-0.3, -0.25) is 14.9 Å². The minimum atomic E-state index is -0.481. The Hall–Kier alpha value is -3.44. The molecule has 8 nitrogen and oxygen atoms in total. The van der Waals surface area contributed by atoms with Gasteiger partial charge in [-0.25, -0.2) is 5.43 Å². The number of nitro groups is 1. The first kappa shape index (κ1) is 22.7. The second-order valence-corrected chi connectivity index (χ2v) is 8.50. The molecule has 0 spiro atoms. The van der Waals surface area contributed by atoms with E-state index in [9.17, 15) is 14.9 Å². The monoisotopic (exact) mass is 575 g/mol. The first-order valence-corrected chi connectivity index (χ1v) is 11.0. The highest BCUT2D eigenvalue weighted by atomic mass is 127. The van der Waals surface area contributed by atoms with Crippen LogP contribution in [0.4, 0.5) is 5.69 Å². The summed E-state index contributed by atoms with van der Waals surface area (Å²) in [5, 5.41) is 16.2. The smallest absolute Gasteiger partial charge is 0.307 e. The number of amides is 1.